The second-order valence-corrected chi connectivity index (χ2v) is 4.00. The van der Waals surface area contributed by atoms with E-state index in [2.05, 4.69) is 0 Å². The molecular formula is C10H18N2O4. The molecule has 2 amide bonds. The summed E-state index contributed by atoms with van der Waals surface area (Å²) in [5.41, 5.74) is 4.17. The Morgan fingerprint density at radius 3 is 2.81 bits per heavy atom. The molecule has 92 valence electrons. The second-order valence-electron chi connectivity index (χ2n) is 4.00. The highest BCUT2D eigenvalue weighted by atomic mass is 16.5. The Morgan fingerprint density at radius 2 is 2.25 bits per heavy atom. The van der Waals surface area contributed by atoms with Gasteiger partial charge in [-0.3, -0.25) is 9.59 Å². The molecule has 0 saturated carbocycles. The lowest BCUT2D eigenvalue weighted by molar-refractivity contribution is -0.160. The van der Waals surface area contributed by atoms with E-state index in [0.29, 0.717) is 26.2 Å². The van der Waals surface area contributed by atoms with E-state index < -0.39 is 11.5 Å². The summed E-state index contributed by atoms with van der Waals surface area (Å²) in [6.07, 6.45) is 0.311. The molecule has 0 radical (unpaired) electrons. The van der Waals surface area contributed by atoms with E-state index in [9.17, 15) is 9.59 Å². The van der Waals surface area contributed by atoms with Gasteiger partial charge in [-0.1, -0.05) is 0 Å². The molecule has 1 aliphatic heterocycles. The first kappa shape index (κ1) is 12.9. The molecule has 0 aromatic carbocycles. The SMILES string of the molecule is COCCC(=O)N1CCO[C@](C)(C(N)=O)C1. The van der Waals surface area contributed by atoms with E-state index in [-0.39, 0.29) is 12.5 Å². The number of nitrogens with two attached hydrogens (primary N) is 1. The first-order valence-corrected chi connectivity index (χ1v) is 5.20. The lowest BCUT2D eigenvalue weighted by atomic mass is 10.0. The summed E-state index contributed by atoms with van der Waals surface area (Å²) in [5.74, 6) is -0.589. The van der Waals surface area contributed by atoms with Crippen LogP contribution in [0.5, 0.6) is 0 Å². The summed E-state index contributed by atoms with van der Waals surface area (Å²) in [4.78, 5) is 24.5. The fourth-order valence-corrected chi connectivity index (χ4v) is 1.58. The van der Waals surface area contributed by atoms with Crippen molar-refractivity contribution in [2.75, 3.05) is 33.4 Å². The quantitative estimate of drug-likeness (QED) is 0.680. The monoisotopic (exact) mass is 230 g/mol. The smallest absolute Gasteiger partial charge is 0.251 e. The number of carbonyl (C=O) groups excluding carboxylic acids is 2. The highest BCUT2D eigenvalue weighted by molar-refractivity contribution is 5.85. The number of morpholine rings is 1. The number of hydrogen-bond donors (Lipinski definition) is 1. The molecule has 0 bridgehead atoms. The second kappa shape index (κ2) is 5.27. The molecule has 2 N–H and O–H groups in total. The van der Waals surface area contributed by atoms with Gasteiger partial charge in [-0.2, -0.15) is 0 Å². The van der Waals surface area contributed by atoms with E-state index in [0.717, 1.165) is 0 Å². The van der Waals surface area contributed by atoms with Crippen molar-refractivity contribution in [3.8, 4) is 0 Å². The zero-order valence-corrected chi connectivity index (χ0v) is 9.69. The van der Waals surface area contributed by atoms with Crippen LogP contribution < -0.4 is 5.73 Å². The van der Waals surface area contributed by atoms with Crippen LogP contribution in [0, 0.1) is 0 Å². The predicted molar refractivity (Wildman–Crippen MR) is 56.6 cm³/mol. The molecule has 6 nitrogen and oxygen atoms in total. The van der Waals surface area contributed by atoms with Crippen LogP contribution >= 0.6 is 0 Å². The van der Waals surface area contributed by atoms with Gasteiger partial charge < -0.3 is 20.1 Å². The molecule has 16 heavy (non-hydrogen) atoms. The largest absolute Gasteiger partial charge is 0.384 e. The van der Waals surface area contributed by atoms with Gasteiger partial charge in [0.2, 0.25) is 5.91 Å². The molecule has 0 aromatic heterocycles. The van der Waals surface area contributed by atoms with Gasteiger partial charge in [0.25, 0.3) is 5.91 Å². The third-order valence-corrected chi connectivity index (χ3v) is 2.67. The first-order chi connectivity index (χ1) is 7.49. The summed E-state index contributed by atoms with van der Waals surface area (Å²) in [6.45, 7) is 3.02. The van der Waals surface area contributed by atoms with Gasteiger partial charge in [-0.05, 0) is 6.92 Å². The number of primary amides is 1. The van der Waals surface area contributed by atoms with Crippen LogP contribution in [0.25, 0.3) is 0 Å². The molecule has 0 aromatic rings. The van der Waals surface area contributed by atoms with Crippen LogP contribution in [0.3, 0.4) is 0 Å². The number of rotatable bonds is 4. The third-order valence-electron chi connectivity index (χ3n) is 2.67. The van der Waals surface area contributed by atoms with Crippen molar-refractivity contribution in [3.05, 3.63) is 0 Å². The summed E-state index contributed by atoms with van der Waals surface area (Å²) < 4.78 is 10.1. The average molecular weight is 230 g/mol. The zero-order chi connectivity index (χ0) is 12.2. The zero-order valence-electron chi connectivity index (χ0n) is 9.69. The lowest BCUT2D eigenvalue weighted by Crippen LogP contribution is -2.58. The van der Waals surface area contributed by atoms with Gasteiger partial charge in [0.1, 0.15) is 0 Å². The molecule has 1 heterocycles. The fraction of sp³-hybridized carbons (Fsp3) is 0.800. The Morgan fingerprint density at radius 1 is 1.56 bits per heavy atom. The average Bonchev–Trinajstić information content (AvgIpc) is 2.25. The summed E-state index contributed by atoms with van der Waals surface area (Å²) in [7, 11) is 1.54. The number of amides is 2. The minimum absolute atomic E-state index is 0.0439. The van der Waals surface area contributed by atoms with Crippen LogP contribution in [0.15, 0.2) is 0 Å². The molecule has 1 rings (SSSR count). The van der Waals surface area contributed by atoms with E-state index in [1.54, 1.807) is 18.9 Å². The van der Waals surface area contributed by atoms with Crippen molar-refractivity contribution in [2.45, 2.75) is 18.9 Å². The normalized spacial score (nSPS) is 25.5. The maximum Gasteiger partial charge on any atom is 0.251 e. The van der Waals surface area contributed by atoms with Crippen molar-refractivity contribution in [3.63, 3.8) is 0 Å². The van der Waals surface area contributed by atoms with Crippen molar-refractivity contribution in [2.24, 2.45) is 5.73 Å². The summed E-state index contributed by atoms with van der Waals surface area (Å²) >= 11 is 0. The summed E-state index contributed by atoms with van der Waals surface area (Å²) in [5, 5.41) is 0. The predicted octanol–water partition coefficient (Wildman–Crippen LogP) is -0.874. The van der Waals surface area contributed by atoms with E-state index in [1.807, 2.05) is 0 Å². The van der Waals surface area contributed by atoms with Crippen LogP contribution in [0.2, 0.25) is 0 Å². The number of hydrogen-bond acceptors (Lipinski definition) is 4. The van der Waals surface area contributed by atoms with Gasteiger partial charge >= 0.3 is 0 Å². The van der Waals surface area contributed by atoms with Gasteiger partial charge in [0, 0.05) is 13.7 Å². The Labute approximate surface area is 94.7 Å². The Kier molecular flexibility index (Phi) is 4.26. The lowest BCUT2D eigenvalue weighted by Gasteiger charge is -2.38. The number of ether oxygens (including phenoxy) is 2. The van der Waals surface area contributed by atoms with Crippen molar-refractivity contribution >= 4 is 11.8 Å². The maximum absolute atomic E-state index is 11.7. The molecular weight excluding hydrogens is 212 g/mol. The molecule has 1 atom stereocenters. The standard InChI is InChI=1S/C10H18N2O4/c1-10(9(11)14)7-12(4-6-16-10)8(13)3-5-15-2/h3-7H2,1-2H3,(H2,11,14)/t10-/m0/s1. The van der Waals surface area contributed by atoms with Crippen LogP contribution in [-0.4, -0.2) is 55.7 Å². The number of carbonyl (C=O) groups is 2. The molecule has 0 spiro atoms. The molecule has 6 heteroatoms. The minimum atomic E-state index is -1.07. The first-order valence-electron chi connectivity index (χ1n) is 5.20. The Balaban J connectivity index is 2.56. The van der Waals surface area contributed by atoms with Crippen molar-refractivity contribution in [1.29, 1.82) is 0 Å². The fourth-order valence-electron chi connectivity index (χ4n) is 1.58. The Bertz CT molecular complexity index is 282. The van der Waals surface area contributed by atoms with Crippen molar-refractivity contribution < 1.29 is 19.1 Å². The van der Waals surface area contributed by atoms with Gasteiger partial charge in [-0.15, -0.1) is 0 Å². The van der Waals surface area contributed by atoms with Gasteiger partial charge in [0.05, 0.1) is 26.2 Å². The van der Waals surface area contributed by atoms with E-state index >= 15 is 0 Å². The highest BCUT2D eigenvalue weighted by Gasteiger charge is 2.38. The van der Waals surface area contributed by atoms with Crippen molar-refractivity contribution in [1.82, 2.24) is 4.90 Å². The third kappa shape index (κ3) is 2.93. The van der Waals surface area contributed by atoms with E-state index in [1.165, 1.54) is 0 Å². The van der Waals surface area contributed by atoms with Crippen LogP contribution in [-0.2, 0) is 19.1 Å². The van der Waals surface area contributed by atoms with Crippen LogP contribution in [0.4, 0.5) is 0 Å². The molecule has 0 aliphatic carbocycles. The van der Waals surface area contributed by atoms with Crippen LogP contribution in [0.1, 0.15) is 13.3 Å². The van der Waals surface area contributed by atoms with Gasteiger partial charge in [-0.25, -0.2) is 0 Å². The van der Waals surface area contributed by atoms with E-state index in [4.69, 9.17) is 15.2 Å². The molecule has 1 aliphatic rings. The molecule has 1 fully saturated rings. The molecule has 1 saturated heterocycles. The number of nitrogens with zero attached hydrogens (tertiary/aromatic N) is 1. The maximum atomic E-state index is 11.7. The topological polar surface area (TPSA) is 81.9 Å². The minimum Gasteiger partial charge on any atom is -0.384 e. The molecule has 0 unspecified atom stereocenters. The van der Waals surface area contributed by atoms with Gasteiger partial charge in [0.15, 0.2) is 5.60 Å². The highest BCUT2D eigenvalue weighted by Crippen LogP contribution is 2.17. The number of methoxy groups -OCH3 is 1. The summed E-state index contributed by atoms with van der Waals surface area (Å²) in [6, 6.07) is 0. The Hall–Kier alpha value is -1.14.